The van der Waals surface area contributed by atoms with Crippen LogP contribution in [-0.4, -0.2) is 35.5 Å². The Labute approximate surface area is 107 Å². The van der Waals surface area contributed by atoms with Crippen LogP contribution in [0.1, 0.15) is 46.5 Å². The van der Waals surface area contributed by atoms with Crippen LogP contribution in [-0.2, 0) is 0 Å². The quantitative estimate of drug-likeness (QED) is 0.633. The third kappa shape index (κ3) is 8.72. The number of halogens is 3. The van der Waals surface area contributed by atoms with Gasteiger partial charge in [0.05, 0.1) is 6.10 Å². The molecule has 3 unspecified atom stereocenters. The third-order valence-electron chi connectivity index (χ3n) is 2.93. The molecule has 0 aromatic heterocycles. The Morgan fingerprint density at radius 1 is 1.22 bits per heavy atom. The van der Waals surface area contributed by atoms with Gasteiger partial charge in [-0.2, -0.15) is 13.2 Å². The van der Waals surface area contributed by atoms with Crippen LogP contribution >= 0.6 is 0 Å². The standard InChI is InChI=1S/C12H25F3N2O/c1-9(7-10(2)18)17-11(3,8-16)5-4-6-12(13,14)15/h9-10,17-18H,4-8,16H2,1-3H3. The smallest absolute Gasteiger partial charge is 0.389 e. The number of alkyl halides is 3. The topological polar surface area (TPSA) is 58.3 Å². The van der Waals surface area contributed by atoms with Gasteiger partial charge in [0.2, 0.25) is 0 Å². The van der Waals surface area contributed by atoms with Crippen LogP contribution in [0.5, 0.6) is 0 Å². The van der Waals surface area contributed by atoms with E-state index in [0.29, 0.717) is 12.8 Å². The fourth-order valence-corrected chi connectivity index (χ4v) is 2.08. The van der Waals surface area contributed by atoms with E-state index < -0.39 is 24.2 Å². The van der Waals surface area contributed by atoms with E-state index in [-0.39, 0.29) is 19.0 Å². The molecule has 0 aliphatic rings. The SMILES string of the molecule is CC(O)CC(C)NC(C)(CN)CCCC(F)(F)F. The van der Waals surface area contributed by atoms with E-state index in [1.165, 1.54) is 0 Å². The van der Waals surface area contributed by atoms with Crippen LogP contribution < -0.4 is 11.1 Å². The summed E-state index contributed by atoms with van der Waals surface area (Å²) >= 11 is 0. The number of aliphatic hydroxyl groups excluding tert-OH is 1. The van der Waals surface area contributed by atoms with E-state index in [9.17, 15) is 18.3 Å². The second kappa shape index (κ2) is 7.31. The highest BCUT2D eigenvalue weighted by molar-refractivity contribution is 4.87. The molecule has 0 heterocycles. The van der Waals surface area contributed by atoms with Gasteiger partial charge in [-0.3, -0.25) is 0 Å². The number of hydrogen-bond acceptors (Lipinski definition) is 3. The zero-order chi connectivity index (χ0) is 14.4. The summed E-state index contributed by atoms with van der Waals surface area (Å²) in [6.07, 6.45) is -4.35. The Bertz CT molecular complexity index is 234. The molecule has 3 atom stereocenters. The van der Waals surface area contributed by atoms with Gasteiger partial charge in [-0.15, -0.1) is 0 Å². The average molecular weight is 270 g/mol. The molecule has 4 N–H and O–H groups in total. The molecule has 110 valence electrons. The van der Waals surface area contributed by atoms with Gasteiger partial charge in [0, 0.05) is 24.5 Å². The summed E-state index contributed by atoms with van der Waals surface area (Å²) in [6, 6.07) is 0.0180. The fraction of sp³-hybridized carbons (Fsp3) is 1.00. The van der Waals surface area contributed by atoms with E-state index in [1.807, 2.05) is 13.8 Å². The lowest BCUT2D eigenvalue weighted by Gasteiger charge is -2.33. The van der Waals surface area contributed by atoms with Crippen LogP contribution in [0.4, 0.5) is 13.2 Å². The van der Waals surface area contributed by atoms with E-state index in [2.05, 4.69) is 5.32 Å². The summed E-state index contributed by atoms with van der Waals surface area (Å²) in [6.45, 7) is 5.67. The number of aliphatic hydroxyl groups is 1. The second-order valence-corrected chi connectivity index (χ2v) is 5.36. The molecule has 18 heavy (non-hydrogen) atoms. The maximum Gasteiger partial charge on any atom is 0.389 e. The molecule has 3 nitrogen and oxygen atoms in total. The predicted molar refractivity (Wildman–Crippen MR) is 66.3 cm³/mol. The Balaban J connectivity index is 4.17. The second-order valence-electron chi connectivity index (χ2n) is 5.36. The van der Waals surface area contributed by atoms with Crippen molar-refractivity contribution >= 4 is 0 Å². The Morgan fingerprint density at radius 3 is 2.17 bits per heavy atom. The van der Waals surface area contributed by atoms with Gasteiger partial charge < -0.3 is 16.2 Å². The van der Waals surface area contributed by atoms with Crippen LogP contribution in [0, 0.1) is 0 Å². The van der Waals surface area contributed by atoms with E-state index in [1.54, 1.807) is 6.92 Å². The minimum absolute atomic E-state index is 0.0180. The molecule has 0 spiro atoms. The van der Waals surface area contributed by atoms with Crippen molar-refractivity contribution in [3.8, 4) is 0 Å². The van der Waals surface area contributed by atoms with Crippen molar-refractivity contribution in [1.82, 2.24) is 5.32 Å². The molecular weight excluding hydrogens is 245 g/mol. The highest BCUT2D eigenvalue weighted by Crippen LogP contribution is 2.25. The molecule has 0 aliphatic carbocycles. The predicted octanol–water partition coefficient (Wildman–Crippen LogP) is 2.19. The van der Waals surface area contributed by atoms with E-state index in [0.717, 1.165) is 0 Å². The van der Waals surface area contributed by atoms with Crippen LogP contribution in [0.25, 0.3) is 0 Å². The molecule has 0 saturated heterocycles. The van der Waals surface area contributed by atoms with Crippen LogP contribution in [0.2, 0.25) is 0 Å². The summed E-state index contributed by atoms with van der Waals surface area (Å²) in [5.74, 6) is 0. The summed E-state index contributed by atoms with van der Waals surface area (Å²) in [5.41, 5.74) is 5.12. The van der Waals surface area contributed by atoms with Gasteiger partial charge in [-0.1, -0.05) is 0 Å². The molecule has 0 amide bonds. The first-order chi connectivity index (χ1) is 8.08. The summed E-state index contributed by atoms with van der Waals surface area (Å²) in [5, 5.41) is 12.5. The highest BCUT2D eigenvalue weighted by Gasteiger charge is 2.30. The van der Waals surface area contributed by atoms with Crippen LogP contribution in [0.15, 0.2) is 0 Å². The van der Waals surface area contributed by atoms with E-state index in [4.69, 9.17) is 5.73 Å². The number of rotatable bonds is 8. The molecular formula is C12H25F3N2O. The minimum Gasteiger partial charge on any atom is -0.393 e. The van der Waals surface area contributed by atoms with E-state index >= 15 is 0 Å². The molecule has 6 heteroatoms. The Hall–Kier alpha value is -0.330. The number of nitrogens with one attached hydrogen (secondary N) is 1. The lowest BCUT2D eigenvalue weighted by atomic mass is 9.93. The number of hydrogen-bond donors (Lipinski definition) is 3. The number of nitrogens with two attached hydrogens (primary N) is 1. The van der Waals surface area contributed by atoms with Crippen molar-refractivity contribution in [2.45, 2.75) is 70.3 Å². The lowest BCUT2D eigenvalue weighted by molar-refractivity contribution is -0.136. The molecule has 0 bridgehead atoms. The van der Waals surface area contributed by atoms with Gasteiger partial charge in [0.15, 0.2) is 0 Å². The zero-order valence-corrected chi connectivity index (χ0v) is 11.3. The van der Waals surface area contributed by atoms with Crippen molar-refractivity contribution in [3.05, 3.63) is 0 Å². The van der Waals surface area contributed by atoms with Crippen molar-refractivity contribution in [2.75, 3.05) is 6.54 Å². The molecule has 0 saturated carbocycles. The largest absolute Gasteiger partial charge is 0.393 e. The van der Waals surface area contributed by atoms with Gasteiger partial charge in [0.25, 0.3) is 0 Å². The Morgan fingerprint density at radius 2 is 1.78 bits per heavy atom. The zero-order valence-electron chi connectivity index (χ0n) is 11.3. The first-order valence-electron chi connectivity index (χ1n) is 6.30. The lowest BCUT2D eigenvalue weighted by Crippen LogP contribution is -2.52. The van der Waals surface area contributed by atoms with Crippen molar-refractivity contribution in [3.63, 3.8) is 0 Å². The minimum atomic E-state index is -4.11. The van der Waals surface area contributed by atoms with Crippen molar-refractivity contribution in [1.29, 1.82) is 0 Å². The monoisotopic (exact) mass is 270 g/mol. The van der Waals surface area contributed by atoms with Gasteiger partial charge in [0.1, 0.15) is 0 Å². The summed E-state index contributed by atoms with van der Waals surface area (Å²) in [7, 11) is 0. The molecule has 0 aromatic carbocycles. The van der Waals surface area contributed by atoms with Gasteiger partial charge in [-0.25, -0.2) is 0 Å². The van der Waals surface area contributed by atoms with Gasteiger partial charge >= 0.3 is 6.18 Å². The first-order valence-corrected chi connectivity index (χ1v) is 6.30. The van der Waals surface area contributed by atoms with Crippen molar-refractivity contribution < 1.29 is 18.3 Å². The Kier molecular flexibility index (Phi) is 7.17. The summed E-state index contributed by atoms with van der Waals surface area (Å²) < 4.78 is 36.3. The molecule has 0 rings (SSSR count). The van der Waals surface area contributed by atoms with Gasteiger partial charge in [-0.05, 0) is 40.0 Å². The fourth-order valence-electron chi connectivity index (χ4n) is 2.08. The normalized spacial score (nSPS) is 19.3. The summed E-state index contributed by atoms with van der Waals surface area (Å²) in [4.78, 5) is 0. The highest BCUT2D eigenvalue weighted by atomic mass is 19.4. The average Bonchev–Trinajstić information content (AvgIpc) is 2.13. The molecule has 0 fully saturated rings. The molecule has 0 aliphatic heterocycles. The first kappa shape index (κ1) is 17.7. The molecule has 0 radical (unpaired) electrons. The molecule has 0 aromatic rings. The third-order valence-corrected chi connectivity index (χ3v) is 2.93. The maximum absolute atomic E-state index is 12.1. The van der Waals surface area contributed by atoms with Crippen molar-refractivity contribution in [2.24, 2.45) is 5.73 Å². The van der Waals surface area contributed by atoms with Crippen LogP contribution in [0.3, 0.4) is 0 Å². The maximum atomic E-state index is 12.1.